The molecule has 0 N–H and O–H groups in total. The molecule has 0 heterocycles. The van der Waals surface area contributed by atoms with Crippen LogP contribution in [-0.4, -0.2) is 18.9 Å². The van der Waals surface area contributed by atoms with Gasteiger partial charge in [0, 0.05) is 6.42 Å². The van der Waals surface area contributed by atoms with Gasteiger partial charge in [-0.25, -0.2) is 4.79 Å². The van der Waals surface area contributed by atoms with E-state index in [0.29, 0.717) is 18.4 Å². The van der Waals surface area contributed by atoms with E-state index in [1.54, 1.807) is 11.6 Å². The van der Waals surface area contributed by atoms with Crippen LogP contribution in [0.5, 0.6) is 0 Å². The van der Waals surface area contributed by atoms with Gasteiger partial charge in [-0.2, -0.15) is 0 Å². The van der Waals surface area contributed by atoms with Gasteiger partial charge >= 0.3 is 6.16 Å². The van der Waals surface area contributed by atoms with E-state index < -0.39 is 6.16 Å². The molecule has 4 aliphatic carbocycles. The summed E-state index contributed by atoms with van der Waals surface area (Å²) in [6.45, 7) is 16.5. The number of hydrogen-bond acceptors (Lipinski definition) is 3. The maximum Gasteiger partial charge on any atom is 0.508 e. The SMILES string of the molecule is C=CCCOC(=O)OC1CC[C@@]2(C)C(=CCC3C2CC[C@@]2(C)C3CC[C@@H]2[C@H](C)CCCC(C)C)C1. The highest BCUT2D eigenvalue weighted by atomic mass is 16.7. The molecule has 0 aromatic carbocycles. The Morgan fingerprint density at radius 2 is 1.91 bits per heavy atom. The van der Waals surface area contributed by atoms with Crippen LogP contribution in [0.1, 0.15) is 112 Å². The number of carbonyl (C=O) groups excluding carboxylic acids is 1. The van der Waals surface area contributed by atoms with Crippen LogP contribution < -0.4 is 0 Å². The van der Waals surface area contributed by atoms with Gasteiger partial charge in [0.25, 0.3) is 0 Å². The fourth-order valence-electron chi connectivity index (χ4n) is 9.15. The van der Waals surface area contributed by atoms with Gasteiger partial charge < -0.3 is 9.47 Å². The molecule has 0 amide bonds. The average Bonchev–Trinajstić information content (AvgIpc) is 3.16. The normalized spacial score (nSPS) is 39.1. The van der Waals surface area contributed by atoms with E-state index >= 15 is 0 Å². The average molecular weight is 485 g/mol. The van der Waals surface area contributed by atoms with E-state index in [1.807, 2.05) is 0 Å². The molecule has 3 heteroatoms. The summed E-state index contributed by atoms with van der Waals surface area (Å²) in [5, 5.41) is 0. The van der Waals surface area contributed by atoms with Crippen molar-refractivity contribution in [3.63, 3.8) is 0 Å². The largest absolute Gasteiger partial charge is 0.508 e. The van der Waals surface area contributed by atoms with Gasteiger partial charge in [-0.1, -0.05) is 71.6 Å². The molecular formula is C32H52O3. The van der Waals surface area contributed by atoms with Gasteiger partial charge in [-0.3, -0.25) is 0 Å². The zero-order chi connectivity index (χ0) is 25.2. The van der Waals surface area contributed by atoms with Crippen molar-refractivity contribution in [3.05, 3.63) is 24.3 Å². The summed E-state index contributed by atoms with van der Waals surface area (Å²) >= 11 is 0. The molecule has 35 heavy (non-hydrogen) atoms. The lowest BCUT2D eigenvalue weighted by Gasteiger charge is -2.58. The predicted octanol–water partition coefficient (Wildman–Crippen LogP) is 9.13. The third kappa shape index (κ3) is 5.40. The van der Waals surface area contributed by atoms with E-state index in [9.17, 15) is 4.79 Å². The van der Waals surface area contributed by atoms with Gasteiger partial charge in [0.15, 0.2) is 0 Å². The lowest BCUT2D eigenvalue weighted by Crippen LogP contribution is -2.51. The van der Waals surface area contributed by atoms with Crippen molar-refractivity contribution in [1.82, 2.24) is 0 Å². The van der Waals surface area contributed by atoms with E-state index in [-0.39, 0.29) is 11.5 Å². The van der Waals surface area contributed by atoms with Crippen molar-refractivity contribution >= 4 is 6.16 Å². The Morgan fingerprint density at radius 3 is 2.66 bits per heavy atom. The topological polar surface area (TPSA) is 35.5 Å². The molecule has 0 aromatic heterocycles. The maximum absolute atomic E-state index is 12.1. The molecular weight excluding hydrogens is 432 g/mol. The molecule has 4 rings (SSSR count). The highest BCUT2D eigenvalue weighted by Gasteiger charge is 2.59. The zero-order valence-corrected chi connectivity index (χ0v) is 23.3. The van der Waals surface area contributed by atoms with Gasteiger partial charge in [0.1, 0.15) is 6.10 Å². The highest BCUT2D eigenvalue weighted by molar-refractivity contribution is 5.60. The number of rotatable bonds is 9. The molecule has 3 saturated carbocycles. The molecule has 3 nitrogen and oxygen atoms in total. The molecule has 0 saturated heterocycles. The van der Waals surface area contributed by atoms with Crippen molar-refractivity contribution < 1.29 is 14.3 Å². The monoisotopic (exact) mass is 484 g/mol. The summed E-state index contributed by atoms with van der Waals surface area (Å²) in [6.07, 6.45) is 18.6. The van der Waals surface area contributed by atoms with Crippen molar-refractivity contribution in [2.24, 2.45) is 46.3 Å². The molecule has 0 bridgehead atoms. The first-order valence-corrected chi connectivity index (χ1v) is 14.8. The Balaban J connectivity index is 1.39. The Labute approximate surface area is 215 Å². The fourth-order valence-corrected chi connectivity index (χ4v) is 9.15. The van der Waals surface area contributed by atoms with Crippen LogP contribution in [0.2, 0.25) is 0 Å². The van der Waals surface area contributed by atoms with E-state index in [2.05, 4.69) is 47.3 Å². The van der Waals surface area contributed by atoms with Crippen molar-refractivity contribution in [2.45, 2.75) is 118 Å². The summed E-state index contributed by atoms with van der Waals surface area (Å²) in [6, 6.07) is 0. The Hall–Kier alpha value is -1.25. The van der Waals surface area contributed by atoms with Crippen LogP contribution in [0, 0.1) is 46.3 Å². The summed E-state index contributed by atoms with van der Waals surface area (Å²) in [5.74, 6) is 5.14. The maximum atomic E-state index is 12.1. The Bertz CT molecular complexity index is 784. The molecule has 0 radical (unpaired) electrons. The number of hydrogen-bond donors (Lipinski definition) is 0. The Morgan fingerprint density at radius 1 is 1.11 bits per heavy atom. The van der Waals surface area contributed by atoms with Gasteiger partial charge in [0.05, 0.1) is 6.61 Å². The lowest BCUT2D eigenvalue weighted by atomic mass is 9.47. The van der Waals surface area contributed by atoms with Gasteiger partial charge in [-0.05, 0) is 97.7 Å². The van der Waals surface area contributed by atoms with Crippen LogP contribution in [-0.2, 0) is 9.47 Å². The predicted molar refractivity (Wildman–Crippen MR) is 144 cm³/mol. The second-order valence-electron chi connectivity index (χ2n) is 13.4. The highest BCUT2D eigenvalue weighted by Crippen LogP contribution is 2.67. The smallest absolute Gasteiger partial charge is 0.434 e. The quantitative estimate of drug-likeness (QED) is 0.186. The van der Waals surface area contributed by atoms with Crippen LogP contribution in [0.25, 0.3) is 0 Å². The van der Waals surface area contributed by atoms with Crippen molar-refractivity contribution in [1.29, 1.82) is 0 Å². The molecule has 4 unspecified atom stereocenters. The molecule has 0 aliphatic heterocycles. The summed E-state index contributed by atoms with van der Waals surface area (Å²) < 4.78 is 10.9. The minimum Gasteiger partial charge on any atom is -0.434 e. The summed E-state index contributed by atoms with van der Waals surface area (Å²) in [5.41, 5.74) is 2.39. The summed E-state index contributed by atoms with van der Waals surface area (Å²) in [7, 11) is 0. The summed E-state index contributed by atoms with van der Waals surface area (Å²) in [4.78, 5) is 12.1. The van der Waals surface area contributed by atoms with Crippen LogP contribution in [0.15, 0.2) is 24.3 Å². The minimum absolute atomic E-state index is 0.0292. The second-order valence-corrected chi connectivity index (χ2v) is 13.4. The van der Waals surface area contributed by atoms with Crippen LogP contribution in [0.3, 0.4) is 0 Å². The van der Waals surface area contributed by atoms with Gasteiger partial charge in [-0.15, -0.1) is 6.58 Å². The third-order valence-corrected chi connectivity index (χ3v) is 11.1. The molecule has 8 atom stereocenters. The second kappa shape index (κ2) is 11.0. The fraction of sp³-hybridized carbons (Fsp3) is 0.844. The third-order valence-electron chi connectivity index (χ3n) is 11.1. The van der Waals surface area contributed by atoms with Crippen LogP contribution in [0.4, 0.5) is 4.79 Å². The van der Waals surface area contributed by atoms with E-state index in [0.717, 1.165) is 54.8 Å². The molecule has 0 aromatic rings. The molecule has 3 fully saturated rings. The van der Waals surface area contributed by atoms with Crippen LogP contribution >= 0.6 is 0 Å². The Kier molecular flexibility index (Phi) is 8.43. The zero-order valence-electron chi connectivity index (χ0n) is 23.3. The first-order chi connectivity index (χ1) is 16.7. The van der Waals surface area contributed by atoms with Gasteiger partial charge in [0.2, 0.25) is 0 Å². The number of allylic oxidation sites excluding steroid dienone is 1. The minimum atomic E-state index is -0.511. The molecule has 0 spiro atoms. The van der Waals surface area contributed by atoms with E-state index in [1.165, 1.54) is 51.4 Å². The van der Waals surface area contributed by atoms with Crippen molar-refractivity contribution in [2.75, 3.05) is 6.61 Å². The first kappa shape index (κ1) is 26.8. The molecule has 4 aliphatic rings. The van der Waals surface area contributed by atoms with E-state index in [4.69, 9.17) is 9.47 Å². The lowest BCUT2D eigenvalue weighted by molar-refractivity contribution is -0.0616. The number of carbonyl (C=O) groups is 1. The standard InChI is InChI=1S/C32H52O3/c1-7-8-20-34-30(33)35-25-16-18-31(5)24(21-25)12-13-26-28-15-14-27(23(4)11-9-10-22(2)3)32(28,6)19-17-29(26)31/h7,12,22-23,25-29H,1,8-11,13-21H2,2-6H3/t23-,25?,26?,27-,28?,29?,31+,32-/m1/s1. The first-order valence-electron chi connectivity index (χ1n) is 14.8. The van der Waals surface area contributed by atoms with Crippen molar-refractivity contribution in [3.8, 4) is 0 Å². The number of fused-ring (bicyclic) bond motifs is 5. The molecule has 198 valence electrons. The number of ether oxygens (including phenoxy) is 2.